The van der Waals surface area contributed by atoms with Gasteiger partial charge in [0.25, 0.3) is 5.91 Å². The minimum Gasteiger partial charge on any atom is -0.380 e. The highest BCUT2D eigenvalue weighted by Gasteiger charge is 2.12. The Morgan fingerprint density at radius 1 is 1.13 bits per heavy atom. The minimum atomic E-state index is -0.587. The van der Waals surface area contributed by atoms with Crippen molar-refractivity contribution in [3.05, 3.63) is 77.7 Å². The Morgan fingerprint density at radius 2 is 1.90 bits per heavy atom. The number of pyridine rings is 1. The lowest BCUT2D eigenvalue weighted by Gasteiger charge is -2.28. The van der Waals surface area contributed by atoms with Gasteiger partial charge in [0.15, 0.2) is 0 Å². The number of primary amides is 1. The third-order valence-corrected chi connectivity index (χ3v) is 5.06. The van der Waals surface area contributed by atoms with E-state index in [4.69, 9.17) is 10.5 Å². The lowest BCUT2D eigenvalue weighted by Crippen LogP contribution is -2.36. The number of aromatic nitrogens is 1. The highest BCUT2D eigenvalue weighted by molar-refractivity contribution is 5.98. The molecule has 1 aliphatic rings. The molecule has 4 rings (SSSR count). The van der Waals surface area contributed by atoms with Crippen LogP contribution in [-0.2, 0) is 11.3 Å². The van der Waals surface area contributed by atoms with Gasteiger partial charge in [-0.25, -0.2) is 9.37 Å². The number of nitrogens with two attached hydrogens (primary N) is 1. The molecule has 1 aliphatic heterocycles. The highest BCUT2D eigenvalue weighted by atomic mass is 19.1. The third-order valence-electron chi connectivity index (χ3n) is 5.06. The van der Waals surface area contributed by atoms with Crippen molar-refractivity contribution in [3.8, 4) is 0 Å². The van der Waals surface area contributed by atoms with Crippen molar-refractivity contribution in [1.29, 1.82) is 0 Å². The molecule has 0 spiro atoms. The topological polar surface area (TPSA) is 92.5 Å². The zero-order valence-electron chi connectivity index (χ0n) is 17.0. The summed E-state index contributed by atoms with van der Waals surface area (Å²) in [6.07, 6.45) is 1.43. The largest absolute Gasteiger partial charge is 0.380 e. The normalized spacial score (nSPS) is 13.6. The first-order chi connectivity index (χ1) is 15.1. The molecule has 0 unspecified atom stereocenters. The van der Waals surface area contributed by atoms with Crippen LogP contribution in [0.2, 0.25) is 0 Å². The predicted octanol–water partition coefficient (Wildman–Crippen LogP) is 3.51. The van der Waals surface area contributed by atoms with Gasteiger partial charge < -0.3 is 26.0 Å². The molecule has 1 aromatic heterocycles. The second-order valence-corrected chi connectivity index (χ2v) is 7.23. The van der Waals surface area contributed by atoms with Crippen molar-refractivity contribution < 1.29 is 13.9 Å². The summed E-state index contributed by atoms with van der Waals surface area (Å²) in [5.41, 5.74) is 9.04. The molecule has 2 aromatic carbocycles. The molecule has 0 atom stereocenters. The number of nitrogens with zero attached hydrogens (tertiary/aromatic N) is 2. The number of hydrogen-bond acceptors (Lipinski definition) is 6. The van der Waals surface area contributed by atoms with Crippen LogP contribution in [0, 0.1) is 5.82 Å². The molecule has 31 heavy (non-hydrogen) atoms. The summed E-state index contributed by atoms with van der Waals surface area (Å²) < 4.78 is 18.8. The van der Waals surface area contributed by atoms with E-state index in [0.29, 0.717) is 18.1 Å². The lowest BCUT2D eigenvalue weighted by molar-refractivity contribution is 0.100. The number of morpholine rings is 1. The Balaban J connectivity index is 1.48. The molecule has 0 saturated carbocycles. The molecule has 0 bridgehead atoms. The Kier molecular flexibility index (Phi) is 6.28. The Morgan fingerprint density at radius 3 is 2.61 bits per heavy atom. The maximum absolute atomic E-state index is 13.4. The summed E-state index contributed by atoms with van der Waals surface area (Å²) in [5, 5.41) is 6.39. The van der Waals surface area contributed by atoms with Gasteiger partial charge in [-0.15, -0.1) is 0 Å². The maximum atomic E-state index is 13.4. The molecule has 3 aromatic rings. The van der Waals surface area contributed by atoms with Crippen molar-refractivity contribution in [2.24, 2.45) is 5.73 Å². The van der Waals surface area contributed by atoms with E-state index in [1.54, 1.807) is 18.2 Å². The third kappa shape index (κ3) is 5.29. The number of ether oxygens (including phenoxy) is 1. The van der Waals surface area contributed by atoms with Gasteiger partial charge in [-0.2, -0.15) is 0 Å². The predicted molar refractivity (Wildman–Crippen MR) is 119 cm³/mol. The van der Waals surface area contributed by atoms with Crippen LogP contribution >= 0.6 is 0 Å². The minimum absolute atomic E-state index is 0.268. The van der Waals surface area contributed by atoms with Crippen LogP contribution in [0.4, 0.5) is 27.3 Å². The zero-order valence-corrected chi connectivity index (χ0v) is 17.0. The first kappa shape index (κ1) is 20.6. The number of rotatable bonds is 7. The van der Waals surface area contributed by atoms with Crippen LogP contribution in [0.3, 0.4) is 0 Å². The van der Waals surface area contributed by atoms with E-state index in [1.807, 2.05) is 12.1 Å². The number of benzene rings is 2. The molecule has 2 heterocycles. The molecule has 4 N–H and O–H groups in total. The van der Waals surface area contributed by atoms with Gasteiger partial charge in [0.2, 0.25) is 0 Å². The number of hydrogen-bond donors (Lipinski definition) is 3. The average Bonchev–Trinajstić information content (AvgIpc) is 2.79. The Labute approximate surface area is 180 Å². The number of halogens is 1. The van der Waals surface area contributed by atoms with E-state index in [-0.39, 0.29) is 11.4 Å². The number of carbonyl (C=O) groups is 1. The fourth-order valence-corrected chi connectivity index (χ4v) is 3.44. The zero-order chi connectivity index (χ0) is 21.6. The van der Waals surface area contributed by atoms with Gasteiger partial charge in [-0.1, -0.05) is 12.1 Å². The van der Waals surface area contributed by atoms with E-state index < -0.39 is 5.91 Å². The van der Waals surface area contributed by atoms with Gasteiger partial charge in [0.05, 0.1) is 24.5 Å². The molecule has 7 nitrogen and oxygen atoms in total. The molecule has 1 amide bonds. The Bertz CT molecular complexity index is 1050. The molecular formula is C23H24FN5O2. The van der Waals surface area contributed by atoms with Crippen LogP contribution < -0.4 is 21.3 Å². The number of carbonyl (C=O) groups excluding carboxylic acids is 1. The molecule has 0 aliphatic carbocycles. The van der Waals surface area contributed by atoms with Crippen molar-refractivity contribution in [3.63, 3.8) is 0 Å². The monoisotopic (exact) mass is 421 g/mol. The standard InChI is InChI=1S/C23H24FN5O2/c24-17-3-1-2-16(12-17)14-26-21-13-22(27-15-20(21)23(25)30)28-18-4-6-19(7-5-18)29-8-10-31-11-9-29/h1-7,12-13,15H,8-11,14H2,(H2,25,30)(H2,26,27,28). The molecule has 1 fully saturated rings. The fraction of sp³-hybridized carbons (Fsp3) is 0.217. The van der Waals surface area contributed by atoms with Gasteiger partial charge in [0, 0.05) is 43.3 Å². The Hall–Kier alpha value is -3.65. The number of nitrogens with one attached hydrogen (secondary N) is 2. The van der Waals surface area contributed by atoms with Crippen molar-refractivity contribution in [1.82, 2.24) is 4.98 Å². The van der Waals surface area contributed by atoms with Crippen molar-refractivity contribution >= 4 is 28.8 Å². The first-order valence-corrected chi connectivity index (χ1v) is 10.1. The summed E-state index contributed by atoms with van der Waals surface area (Å²) in [5.74, 6) is -0.339. The smallest absolute Gasteiger partial charge is 0.252 e. The number of amides is 1. The van der Waals surface area contributed by atoms with Crippen molar-refractivity contribution in [2.75, 3.05) is 41.8 Å². The van der Waals surface area contributed by atoms with Crippen molar-refractivity contribution in [2.45, 2.75) is 6.54 Å². The van der Waals surface area contributed by atoms with Gasteiger partial charge in [-0.3, -0.25) is 4.79 Å². The van der Waals surface area contributed by atoms with Crippen LogP contribution in [0.1, 0.15) is 15.9 Å². The summed E-state index contributed by atoms with van der Waals surface area (Å²) >= 11 is 0. The summed E-state index contributed by atoms with van der Waals surface area (Å²) in [6, 6.07) is 16.0. The second-order valence-electron chi connectivity index (χ2n) is 7.23. The van der Waals surface area contributed by atoms with Crippen LogP contribution in [0.15, 0.2) is 60.8 Å². The molecule has 8 heteroatoms. The molecular weight excluding hydrogens is 397 g/mol. The maximum Gasteiger partial charge on any atom is 0.252 e. The van der Waals surface area contributed by atoms with Gasteiger partial charge in [-0.05, 0) is 42.0 Å². The molecule has 160 valence electrons. The quantitative estimate of drug-likeness (QED) is 0.541. The second kappa shape index (κ2) is 9.44. The van der Waals surface area contributed by atoms with E-state index in [2.05, 4.69) is 32.7 Å². The highest BCUT2D eigenvalue weighted by Crippen LogP contribution is 2.24. The van der Waals surface area contributed by atoms with E-state index in [0.717, 1.165) is 43.2 Å². The summed E-state index contributed by atoms with van der Waals surface area (Å²) in [4.78, 5) is 18.4. The summed E-state index contributed by atoms with van der Waals surface area (Å²) in [6.45, 7) is 3.57. The van der Waals surface area contributed by atoms with E-state index in [9.17, 15) is 9.18 Å². The summed E-state index contributed by atoms with van der Waals surface area (Å²) in [7, 11) is 0. The fourth-order valence-electron chi connectivity index (χ4n) is 3.44. The van der Waals surface area contributed by atoms with Gasteiger partial charge in [0.1, 0.15) is 11.6 Å². The van der Waals surface area contributed by atoms with Gasteiger partial charge >= 0.3 is 0 Å². The molecule has 1 saturated heterocycles. The lowest BCUT2D eigenvalue weighted by atomic mass is 10.2. The average molecular weight is 421 g/mol. The first-order valence-electron chi connectivity index (χ1n) is 10.1. The SMILES string of the molecule is NC(=O)c1cnc(Nc2ccc(N3CCOCC3)cc2)cc1NCc1cccc(F)c1. The van der Waals surface area contributed by atoms with E-state index >= 15 is 0 Å². The van der Waals surface area contributed by atoms with Crippen LogP contribution in [0.5, 0.6) is 0 Å². The van der Waals surface area contributed by atoms with E-state index in [1.165, 1.54) is 18.3 Å². The molecule has 0 radical (unpaired) electrons. The van der Waals surface area contributed by atoms with Crippen LogP contribution in [0.25, 0.3) is 0 Å². The number of anilines is 4. The van der Waals surface area contributed by atoms with Crippen LogP contribution in [-0.4, -0.2) is 37.2 Å².